The van der Waals surface area contributed by atoms with Gasteiger partial charge in [0.2, 0.25) is 15.9 Å². The van der Waals surface area contributed by atoms with Gasteiger partial charge >= 0.3 is 12.2 Å². The largest absolute Gasteiger partial charge is 0.390 e. The highest BCUT2D eigenvalue weighted by atomic mass is 32.2. The van der Waals surface area contributed by atoms with Crippen molar-refractivity contribution in [3.05, 3.63) is 0 Å². The Kier molecular flexibility index (Phi) is 6.17. The van der Waals surface area contributed by atoms with E-state index in [4.69, 9.17) is 0 Å². The van der Waals surface area contributed by atoms with Gasteiger partial charge in [-0.3, -0.25) is 9.52 Å². The summed E-state index contributed by atoms with van der Waals surface area (Å²) >= 11 is 0. The van der Waals surface area contributed by atoms with E-state index in [0.29, 0.717) is 32.5 Å². The highest BCUT2D eigenvalue weighted by Crippen LogP contribution is 2.22. The number of piperidine rings is 1. The molecule has 144 valence electrons. The van der Waals surface area contributed by atoms with Gasteiger partial charge in [0.25, 0.3) is 0 Å². The second-order valence-corrected chi connectivity index (χ2v) is 8.25. The highest BCUT2D eigenvalue weighted by Gasteiger charge is 2.34. The molecule has 1 N–H and O–H groups in total. The molecule has 0 aromatic carbocycles. The third-order valence-corrected chi connectivity index (χ3v) is 5.60. The lowest BCUT2D eigenvalue weighted by Gasteiger charge is -2.34. The number of carbonyl (C=O) groups excluding carboxylic acids is 2. The lowest BCUT2D eigenvalue weighted by atomic mass is 9.98. The molecule has 0 bridgehead atoms. The number of urea groups is 1. The van der Waals surface area contributed by atoms with Crippen molar-refractivity contribution in [2.45, 2.75) is 38.3 Å². The Morgan fingerprint density at radius 2 is 1.64 bits per heavy atom. The van der Waals surface area contributed by atoms with Gasteiger partial charge in [-0.1, -0.05) is 0 Å². The van der Waals surface area contributed by atoms with Crippen LogP contribution in [0.15, 0.2) is 0 Å². The minimum atomic E-state index is -4.61. The van der Waals surface area contributed by atoms with E-state index in [0.717, 1.165) is 12.8 Å². The van der Waals surface area contributed by atoms with Crippen LogP contribution in [0.3, 0.4) is 0 Å². The van der Waals surface area contributed by atoms with Crippen LogP contribution in [0.5, 0.6) is 0 Å². The molecular weight excluding hydrogens is 363 g/mol. The monoisotopic (exact) mass is 385 g/mol. The standard InChI is InChI=1S/C14H22F3N3O4S/c15-14(16,17)5-9-25(23,24)18-12(21)11-4-3-8-20(10-11)13(22)19-6-1-2-7-19/h11H,1-10H2,(H,18,21)/t11-/m1/s1. The predicted octanol–water partition coefficient (Wildman–Crippen LogP) is 1.31. The molecule has 0 radical (unpaired) electrons. The summed E-state index contributed by atoms with van der Waals surface area (Å²) in [5.74, 6) is -2.77. The molecule has 11 heteroatoms. The van der Waals surface area contributed by atoms with Gasteiger partial charge in [0.1, 0.15) is 0 Å². The van der Waals surface area contributed by atoms with Crippen LogP contribution in [0.25, 0.3) is 0 Å². The van der Waals surface area contributed by atoms with E-state index in [2.05, 4.69) is 0 Å². The van der Waals surface area contributed by atoms with E-state index in [1.807, 2.05) is 0 Å². The number of nitrogens with zero attached hydrogens (tertiary/aromatic N) is 2. The SMILES string of the molecule is O=C(NS(=O)(=O)CCC(F)(F)F)[C@@H]1CCCN(C(=O)N2CCCC2)C1. The van der Waals surface area contributed by atoms with Gasteiger partial charge < -0.3 is 9.80 Å². The van der Waals surface area contributed by atoms with Gasteiger partial charge in [0, 0.05) is 26.2 Å². The predicted molar refractivity (Wildman–Crippen MR) is 83.1 cm³/mol. The van der Waals surface area contributed by atoms with Crippen LogP contribution in [0, 0.1) is 5.92 Å². The minimum Gasteiger partial charge on any atom is -0.325 e. The molecule has 0 aromatic rings. The molecule has 2 heterocycles. The lowest BCUT2D eigenvalue weighted by Crippen LogP contribution is -2.50. The van der Waals surface area contributed by atoms with Gasteiger partial charge in [-0.2, -0.15) is 13.2 Å². The van der Waals surface area contributed by atoms with Gasteiger partial charge in [-0.25, -0.2) is 13.2 Å². The van der Waals surface area contributed by atoms with E-state index < -0.39 is 40.2 Å². The Bertz CT molecular complexity index is 603. The molecule has 0 saturated carbocycles. The Hall–Kier alpha value is -1.52. The molecule has 7 nitrogen and oxygen atoms in total. The summed E-state index contributed by atoms with van der Waals surface area (Å²) in [4.78, 5) is 27.7. The van der Waals surface area contributed by atoms with E-state index in [1.165, 1.54) is 4.90 Å². The van der Waals surface area contributed by atoms with Gasteiger partial charge in [0.15, 0.2) is 0 Å². The first-order valence-electron chi connectivity index (χ1n) is 8.22. The summed E-state index contributed by atoms with van der Waals surface area (Å²) in [6.07, 6.45) is -3.33. The number of hydrogen-bond acceptors (Lipinski definition) is 4. The fourth-order valence-corrected chi connectivity index (χ4v) is 4.09. The van der Waals surface area contributed by atoms with Crippen molar-refractivity contribution in [2.24, 2.45) is 5.92 Å². The summed E-state index contributed by atoms with van der Waals surface area (Å²) < 4.78 is 61.4. The Balaban J connectivity index is 1.89. The first-order chi connectivity index (χ1) is 11.6. The van der Waals surface area contributed by atoms with Gasteiger partial charge in [-0.15, -0.1) is 0 Å². The zero-order valence-corrected chi connectivity index (χ0v) is 14.5. The van der Waals surface area contributed by atoms with Crippen LogP contribution >= 0.6 is 0 Å². The molecule has 2 rings (SSSR count). The first-order valence-corrected chi connectivity index (χ1v) is 9.87. The van der Waals surface area contributed by atoms with Crippen LogP contribution < -0.4 is 4.72 Å². The molecule has 3 amide bonds. The molecule has 0 aliphatic carbocycles. The molecule has 0 aromatic heterocycles. The van der Waals surface area contributed by atoms with Gasteiger partial charge in [-0.05, 0) is 25.7 Å². The molecule has 25 heavy (non-hydrogen) atoms. The van der Waals surface area contributed by atoms with E-state index in [1.54, 1.807) is 9.62 Å². The number of halogens is 3. The summed E-state index contributed by atoms with van der Waals surface area (Å²) in [7, 11) is -4.35. The van der Waals surface area contributed by atoms with E-state index in [9.17, 15) is 31.2 Å². The number of rotatable bonds is 4. The van der Waals surface area contributed by atoms with E-state index in [-0.39, 0.29) is 12.6 Å². The number of amides is 3. The maximum absolute atomic E-state index is 12.3. The average molecular weight is 385 g/mol. The topological polar surface area (TPSA) is 86.8 Å². The number of nitrogens with one attached hydrogen (secondary N) is 1. The minimum absolute atomic E-state index is 0.0793. The zero-order valence-electron chi connectivity index (χ0n) is 13.7. The smallest absolute Gasteiger partial charge is 0.325 e. The van der Waals surface area contributed by atoms with Crippen molar-refractivity contribution in [3.63, 3.8) is 0 Å². The Morgan fingerprint density at radius 1 is 1.04 bits per heavy atom. The van der Waals surface area contributed by atoms with Crippen LogP contribution in [0.4, 0.5) is 18.0 Å². The molecular formula is C14H22F3N3O4S. The van der Waals surface area contributed by atoms with Crippen LogP contribution in [-0.2, 0) is 14.8 Å². The molecule has 2 saturated heterocycles. The highest BCUT2D eigenvalue weighted by molar-refractivity contribution is 7.90. The first kappa shape index (κ1) is 19.8. The van der Waals surface area contributed by atoms with Crippen molar-refractivity contribution in [3.8, 4) is 0 Å². The second-order valence-electron chi connectivity index (χ2n) is 6.41. The summed E-state index contributed by atoms with van der Waals surface area (Å²) in [6.45, 7) is 1.89. The quantitative estimate of drug-likeness (QED) is 0.791. The van der Waals surface area contributed by atoms with Crippen molar-refractivity contribution in [1.29, 1.82) is 0 Å². The molecule has 0 spiro atoms. The molecule has 2 aliphatic rings. The molecule has 0 unspecified atom stereocenters. The molecule has 2 aliphatic heterocycles. The zero-order chi connectivity index (χ0) is 18.7. The maximum Gasteiger partial charge on any atom is 0.390 e. The third kappa shape index (κ3) is 6.05. The van der Waals surface area contributed by atoms with Gasteiger partial charge in [0.05, 0.1) is 18.1 Å². The number of alkyl halides is 3. The average Bonchev–Trinajstić information content (AvgIpc) is 3.06. The summed E-state index contributed by atoms with van der Waals surface area (Å²) in [5.41, 5.74) is 0. The van der Waals surface area contributed by atoms with Crippen molar-refractivity contribution < 1.29 is 31.2 Å². The fraction of sp³-hybridized carbons (Fsp3) is 0.857. The molecule has 2 fully saturated rings. The van der Waals surface area contributed by atoms with Crippen molar-refractivity contribution >= 4 is 22.0 Å². The lowest BCUT2D eigenvalue weighted by molar-refractivity contribution is -0.130. The summed E-state index contributed by atoms with van der Waals surface area (Å²) in [6, 6.07) is -0.171. The maximum atomic E-state index is 12.3. The number of sulfonamides is 1. The number of carbonyl (C=O) groups is 2. The van der Waals surface area contributed by atoms with Crippen LogP contribution in [0.1, 0.15) is 32.1 Å². The van der Waals surface area contributed by atoms with Crippen LogP contribution in [-0.4, -0.2) is 68.3 Å². The normalized spacial score (nSPS) is 22.1. The number of hydrogen-bond donors (Lipinski definition) is 1. The van der Waals surface area contributed by atoms with Crippen LogP contribution in [0.2, 0.25) is 0 Å². The fourth-order valence-electron chi connectivity index (χ4n) is 3.01. The van der Waals surface area contributed by atoms with E-state index >= 15 is 0 Å². The van der Waals surface area contributed by atoms with Crippen molar-refractivity contribution in [2.75, 3.05) is 31.9 Å². The third-order valence-electron chi connectivity index (χ3n) is 4.35. The Morgan fingerprint density at radius 3 is 2.24 bits per heavy atom. The molecule has 1 atom stereocenters. The van der Waals surface area contributed by atoms with Crippen molar-refractivity contribution in [1.82, 2.24) is 14.5 Å². The summed E-state index contributed by atoms with van der Waals surface area (Å²) in [5, 5.41) is 0. The Labute approximate surface area is 144 Å². The number of likely N-dealkylation sites (tertiary alicyclic amines) is 2. The second kappa shape index (κ2) is 7.79.